The molecular weight excluding hydrogens is 228 g/mol. The smallest absolute Gasteiger partial charge is 0.343 e. The zero-order valence-corrected chi connectivity index (χ0v) is 12.0. The van der Waals surface area contributed by atoms with E-state index < -0.39 is 0 Å². The molecule has 0 amide bonds. The molecule has 0 aliphatic heterocycles. The molecule has 3 nitrogen and oxygen atoms in total. The second-order valence-electron chi connectivity index (χ2n) is 4.11. The Morgan fingerprint density at radius 2 is 1.72 bits per heavy atom. The summed E-state index contributed by atoms with van der Waals surface area (Å²) >= 11 is 0. The van der Waals surface area contributed by atoms with Gasteiger partial charge < -0.3 is 9.47 Å². The zero-order chi connectivity index (χ0) is 14.0. The van der Waals surface area contributed by atoms with Crippen LogP contribution in [0, 0.1) is 5.92 Å². The van der Waals surface area contributed by atoms with Gasteiger partial charge in [-0.15, -0.1) is 0 Å². The summed E-state index contributed by atoms with van der Waals surface area (Å²) in [4.78, 5) is 10.9. The molecule has 0 heterocycles. The van der Waals surface area contributed by atoms with Gasteiger partial charge in [0, 0.05) is 0 Å². The largest absolute Gasteiger partial charge is 0.482 e. The Morgan fingerprint density at radius 3 is 2.17 bits per heavy atom. The molecule has 0 fully saturated rings. The van der Waals surface area contributed by atoms with E-state index in [1.165, 1.54) is 12.7 Å². The number of carbonyl (C=O) groups is 1. The van der Waals surface area contributed by atoms with Gasteiger partial charge >= 0.3 is 5.97 Å². The molecule has 0 aliphatic rings. The minimum Gasteiger partial charge on any atom is -0.482 e. The minimum absolute atomic E-state index is 0.0416. The van der Waals surface area contributed by atoms with Gasteiger partial charge in [-0.3, -0.25) is 0 Å². The molecule has 0 unspecified atom stereocenters. The highest BCUT2D eigenvalue weighted by Crippen LogP contribution is 2.14. The van der Waals surface area contributed by atoms with Crippen molar-refractivity contribution < 1.29 is 14.3 Å². The van der Waals surface area contributed by atoms with E-state index in [0.717, 1.165) is 6.42 Å². The average Bonchev–Trinajstić information content (AvgIpc) is 2.39. The highest BCUT2D eigenvalue weighted by atomic mass is 16.6. The van der Waals surface area contributed by atoms with Crippen LogP contribution < -0.4 is 4.74 Å². The molecule has 0 spiro atoms. The normalized spacial score (nSPS) is 9.44. The Labute approximate surface area is 110 Å². The maximum atomic E-state index is 10.9. The molecule has 0 bridgehead atoms. The Morgan fingerprint density at radius 1 is 1.17 bits per heavy atom. The average molecular weight is 252 g/mol. The third-order valence-electron chi connectivity index (χ3n) is 2.15. The third-order valence-corrected chi connectivity index (χ3v) is 2.15. The number of hydrogen-bond donors (Lipinski definition) is 0. The van der Waals surface area contributed by atoms with E-state index in [0.29, 0.717) is 11.7 Å². The molecule has 0 aliphatic carbocycles. The van der Waals surface area contributed by atoms with Crippen molar-refractivity contribution in [2.45, 2.75) is 34.1 Å². The van der Waals surface area contributed by atoms with Gasteiger partial charge in [0.05, 0.1) is 7.11 Å². The van der Waals surface area contributed by atoms with Gasteiger partial charge in [-0.2, -0.15) is 0 Å². The fourth-order valence-electron chi connectivity index (χ4n) is 1.39. The monoisotopic (exact) mass is 252 g/mol. The maximum absolute atomic E-state index is 10.9. The molecule has 0 aromatic heterocycles. The summed E-state index contributed by atoms with van der Waals surface area (Å²) in [5.41, 5.74) is 1.28. The molecule has 0 saturated carbocycles. The Kier molecular flexibility index (Phi) is 8.71. The van der Waals surface area contributed by atoms with Crippen LogP contribution in [0.5, 0.6) is 5.75 Å². The van der Waals surface area contributed by atoms with Crippen LogP contribution in [0.15, 0.2) is 24.3 Å². The first-order valence-electron chi connectivity index (χ1n) is 6.40. The predicted molar refractivity (Wildman–Crippen MR) is 73.8 cm³/mol. The summed E-state index contributed by atoms with van der Waals surface area (Å²) in [6, 6.07) is 7.79. The molecule has 18 heavy (non-hydrogen) atoms. The van der Waals surface area contributed by atoms with Crippen molar-refractivity contribution in [3.63, 3.8) is 0 Å². The second kappa shape index (κ2) is 9.51. The van der Waals surface area contributed by atoms with Crippen molar-refractivity contribution in [3.8, 4) is 5.75 Å². The SMILES string of the molecule is CC.COC(=O)COc1ccc(CC(C)C)cc1. The molecule has 1 aromatic rings. The minimum atomic E-state index is -0.369. The first kappa shape index (κ1) is 16.5. The molecule has 0 radical (unpaired) electrons. The van der Waals surface area contributed by atoms with Crippen molar-refractivity contribution in [2.24, 2.45) is 5.92 Å². The lowest BCUT2D eigenvalue weighted by Gasteiger charge is -2.07. The van der Waals surface area contributed by atoms with E-state index in [-0.39, 0.29) is 12.6 Å². The van der Waals surface area contributed by atoms with Crippen LogP contribution >= 0.6 is 0 Å². The van der Waals surface area contributed by atoms with E-state index in [4.69, 9.17) is 4.74 Å². The summed E-state index contributed by atoms with van der Waals surface area (Å²) in [6.45, 7) is 8.32. The first-order chi connectivity index (χ1) is 8.61. The predicted octanol–water partition coefficient (Wildman–Crippen LogP) is 3.46. The summed E-state index contributed by atoms with van der Waals surface area (Å²) in [5, 5.41) is 0. The lowest BCUT2D eigenvalue weighted by Crippen LogP contribution is -2.12. The molecule has 3 heteroatoms. The molecule has 1 aromatic carbocycles. The van der Waals surface area contributed by atoms with Crippen molar-refractivity contribution >= 4 is 5.97 Å². The Balaban J connectivity index is 0.00000137. The highest BCUT2D eigenvalue weighted by molar-refractivity contribution is 5.70. The van der Waals surface area contributed by atoms with Crippen LogP contribution in [-0.4, -0.2) is 19.7 Å². The fourth-order valence-corrected chi connectivity index (χ4v) is 1.39. The number of rotatable bonds is 5. The van der Waals surface area contributed by atoms with Crippen LogP contribution in [0.3, 0.4) is 0 Å². The van der Waals surface area contributed by atoms with Gasteiger partial charge in [0.25, 0.3) is 0 Å². The number of ether oxygens (including phenoxy) is 2. The van der Waals surface area contributed by atoms with E-state index >= 15 is 0 Å². The first-order valence-corrected chi connectivity index (χ1v) is 6.40. The number of esters is 1. The van der Waals surface area contributed by atoms with Gasteiger partial charge in [-0.05, 0) is 30.0 Å². The second-order valence-corrected chi connectivity index (χ2v) is 4.11. The van der Waals surface area contributed by atoms with Crippen molar-refractivity contribution in [1.29, 1.82) is 0 Å². The lowest BCUT2D eigenvalue weighted by molar-refractivity contribution is -0.142. The Hall–Kier alpha value is -1.51. The van der Waals surface area contributed by atoms with E-state index in [1.54, 1.807) is 0 Å². The Bertz CT molecular complexity index is 328. The molecule has 1 rings (SSSR count). The van der Waals surface area contributed by atoms with Gasteiger partial charge in [0.2, 0.25) is 0 Å². The molecular formula is C15H24O3. The van der Waals surface area contributed by atoms with Crippen molar-refractivity contribution in [2.75, 3.05) is 13.7 Å². The van der Waals surface area contributed by atoms with Gasteiger partial charge in [0.15, 0.2) is 6.61 Å². The number of benzene rings is 1. The third kappa shape index (κ3) is 6.94. The lowest BCUT2D eigenvalue weighted by atomic mass is 10.0. The summed E-state index contributed by atoms with van der Waals surface area (Å²) < 4.78 is 9.73. The highest BCUT2D eigenvalue weighted by Gasteiger charge is 2.02. The fraction of sp³-hybridized carbons (Fsp3) is 0.533. The van der Waals surface area contributed by atoms with Crippen LogP contribution in [0.25, 0.3) is 0 Å². The number of hydrogen-bond acceptors (Lipinski definition) is 3. The molecule has 0 N–H and O–H groups in total. The van der Waals surface area contributed by atoms with Crippen LogP contribution in [0.2, 0.25) is 0 Å². The number of carbonyl (C=O) groups excluding carboxylic acids is 1. The van der Waals surface area contributed by atoms with Gasteiger partial charge in [-0.25, -0.2) is 4.79 Å². The summed E-state index contributed by atoms with van der Waals surface area (Å²) in [7, 11) is 1.34. The maximum Gasteiger partial charge on any atom is 0.343 e. The standard InChI is InChI=1S/C13H18O3.C2H6/c1-10(2)8-11-4-6-12(7-5-11)16-9-13(14)15-3;1-2/h4-7,10H,8-9H2,1-3H3;1-2H3. The molecule has 0 atom stereocenters. The van der Waals surface area contributed by atoms with Crippen LogP contribution in [0.1, 0.15) is 33.3 Å². The zero-order valence-electron chi connectivity index (χ0n) is 12.0. The molecule has 0 saturated heterocycles. The van der Waals surface area contributed by atoms with Crippen molar-refractivity contribution in [1.82, 2.24) is 0 Å². The topological polar surface area (TPSA) is 35.5 Å². The van der Waals surface area contributed by atoms with Crippen molar-refractivity contribution in [3.05, 3.63) is 29.8 Å². The van der Waals surface area contributed by atoms with Crippen LogP contribution in [-0.2, 0) is 16.0 Å². The summed E-state index contributed by atoms with van der Waals surface area (Å²) in [5.74, 6) is 0.964. The quantitative estimate of drug-likeness (QED) is 0.753. The van der Waals surface area contributed by atoms with Gasteiger partial charge in [-0.1, -0.05) is 39.8 Å². The van der Waals surface area contributed by atoms with E-state index in [2.05, 4.69) is 18.6 Å². The van der Waals surface area contributed by atoms with E-state index in [1.807, 2.05) is 38.1 Å². The van der Waals surface area contributed by atoms with E-state index in [9.17, 15) is 4.79 Å². The molecule has 102 valence electrons. The van der Waals surface area contributed by atoms with Gasteiger partial charge in [0.1, 0.15) is 5.75 Å². The summed E-state index contributed by atoms with van der Waals surface area (Å²) in [6.07, 6.45) is 1.05. The number of methoxy groups -OCH3 is 1. The van der Waals surface area contributed by atoms with Crippen LogP contribution in [0.4, 0.5) is 0 Å².